The molecular weight excluding hydrogens is 584 g/mol. The van der Waals surface area contributed by atoms with E-state index in [1.807, 2.05) is 48.2 Å². The van der Waals surface area contributed by atoms with Crippen molar-refractivity contribution in [3.05, 3.63) is 59.3 Å². The lowest BCUT2D eigenvalue weighted by atomic mass is 9.79. The van der Waals surface area contributed by atoms with E-state index in [0.717, 1.165) is 65.1 Å². The van der Waals surface area contributed by atoms with Crippen molar-refractivity contribution in [2.75, 3.05) is 51.6 Å². The third-order valence-electron chi connectivity index (χ3n) is 10.8. The molecule has 11 heteroatoms. The highest BCUT2D eigenvalue weighted by atomic mass is 16.6. The molecule has 4 aliphatic heterocycles. The maximum Gasteiger partial charge on any atom is 0.412 e. The topological polar surface area (TPSA) is 120 Å². The van der Waals surface area contributed by atoms with Gasteiger partial charge in [-0.3, -0.25) is 15.2 Å². The normalized spacial score (nSPS) is 21.5. The highest BCUT2D eigenvalue weighted by Crippen LogP contribution is 2.43. The molecule has 1 aromatic heterocycles. The number of nitrogens with zero attached hydrogens (tertiary/aromatic N) is 4. The third kappa shape index (κ3) is 6.04. The van der Waals surface area contributed by atoms with Crippen LogP contribution in [0, 0.1) is 18.8 Å². The molecular formula is C35H44N6O5. The Balaban J connectivity index is 1.05. The van der Waals surface area contributed by atoms with Gasteiger partial charge in [0.25, 0.3) is 5.91 Å². The summed E-state index contributed by atoms with van der Waals surface area (Å²) in [6.07, 6.45) is 5.46. The average Bonchev–Trinajstić information content (AvgIpc) is 3.54. The quantitative estimate of drug-likeness (QED) is 0.406. The van der Waals surface area contributed by atoms with Gasteiger partial charge in [0.2, 0.25) is 0 Å². The summed E-state index contributed by atoms with van der Waals surface area (Å²) >= 11 is 0. The molecule has 11 nitrogen and oxygen atoms in total. The number of rotatable bonds is 5. The Hall–Kier alpha value is -4.12. The minimum Gasteiger partial charge on any atom is -0.438 e. The van der Waals surface area contributed by atoms with Crippen molar-refractivity contribution in [3.8, 4) is 0 Å². The molecule has 3 aromatic rings. The van der Waals surface area contributed by atoms with E-state index in [9.17, 15) is 14.4 Å². The molecule has 3 fully saturated rings. The third-order valence-corrected chi connectivity index (χ3v) is 10.8. The summed E-state index contributed by atoms with van der Waals surface area (Å²) in [5.74, 6) is 1.23. The number of piperidine rings is 3. The van der Waals surface area contributed by atoms with Crippen molar-refractivity contribution in [1.82, 2.24) is 24.9 Å². The number of aromatic amines is 1. The summed E-state index contributed by atoms with van der Waals surface area (Å²) in [7, 11) is 2.19. The van der Waals surface area contributed by atoms with Crippen LogP contribution < -0.4 is 5.32 Å². The van der Waals surface area contributed by atoms with Crippen LogP contribution in [0.4, 0.5) is 15.3 Å². The molecule has 4 aliphatic rings. The number of carbonyl (C=O) groups excluding carboxylic acids is 3. The lowest BCUT2D eigenvalue weighted by molar-refractivity contribution is -0.143. The van der Waals surface area contributed by atoms with Crippen LogP contribution in [-0.4, -0.2) is 95.4 Å². The maximum absolute atomic E-state index is 14.1. The molecule has 2 aromatic carbocycles. The summed E-state index contributed by atoms with van der Waals surface area (Å²) in [5, 5.41) is 10.9. The number of fused-ring (bicyclic) bond motifs is 3. The number of aryl methyl sites for hydroxylation is 1. The molecule has 5 heterocycles. The van der Waals surface area contributed by atoms with Gasteiger partial charge < -0.3 is 24.2 Å². The first-order valence-corrected chi connectivity index (χ1v) is 16.7. The first kappa shape index (κ1) is 30.5. The average molecular weight is 629 g/mol. The molecule has 0 aliphatic carbocycles. The van der Waals surface area contributed by atoms with Crippen molar-refractivity contribution in [2.24, 2.45) is 11.8 Å². The van der Waals surface area contributed by atoms with E-state index in [2.05, 4.69) is 27.5 Å². The van der Waals surface area contributed by atoms with Gasteiger partial charge in [-0.25, -0.2) is 9.59 Å². The van der Waals surface area contributed by atoms with Gasteiger partial charge >= 0.3 is 12.2 Å². The predicted octanol–water partition coefficient (Wildman–Crippen LogP) is 5.05. The number of H-pyrrole nitrogens is 1. The van der Waals surface area contributed by atoms with Crippen molar-refractivity contribution >= 4 is 34.7 Å². The fraction of sp³-hybridized carbons (Fsp3) is 0.543. The Labute approximate surface area is 269 Å². The molecule has 7 rings (SSSR count). The van der Waals surface area contributed by atoms with Crippen molar-refractivity contribution in [1.29, 1.82) is 0 Å². The Kier molecular flexibility index (Phi) is 8.35. The van der Waals surface area contributed by atoms with Crippen LogP contribution in [-0.2, 0) is 26.3 Å². The minimum absolute atomic E-state index is 0.130. The van der Waals surface area contributed by atoms with Gasteiger partial charge in [0, 0.05) is 56.4 Å². The number of carbonyl (C=O) groups is 3. The largest absolute Gasteiger partial charge is 0.438 e. The molecule has 46 heavy (non-hydrogen) atoms. The number of benzene rings is 2. The first-order valence-electron chi connectivity index (χ1n) is 16.7. The van der Waals surface area contributed by atoms with E-state index in [4.69, 9.17) is 9.47 Å². The first-order chi connectivity index (χ1) is 22.3. The lowest BCUT2D eigenvalue weighted by Crippen LogP contribution is -2.52. The monoisotopic (exact) mass is 628 g/mol. The predicted molar refractivity (Wildman–Crippen MR) is 173 cm³/mol. The van der Waals surface area contributed by atoms with Gasteiger partial charge in [0.05, 0.1) is 17.4 Å². The fourth-order valence-electron chi connectivity index (χ4n) is 8.09. The molecule has 3 amide bonds. The van der Waals surface area contributed by atoms with Gasteiger partial charge in [0.1, 0.15) is 5.60 Å². The molecule has 244 valence electrons. The summed E-state index contributed by atoms with van der Waals surface area (Å²) < 4.78 is 12.0. The van der Waals surface area contributed by atoms with Crippen molar-refractivity contribution < 1.29 is 23.9 Å². The number of nitrogens with one attached hydrogen (secondary N) is 2. The number of hydrogen-bond donors (Lipinski definition) is 2. The van der Waals surface area contributed by atoms with Crippen LogP contribution in [0.5, 0.6) is 0 Å². The van der Waals surface area contributed by atoms with E-state index in [-0.39, 0.29) is 12.3 Å². The molecule has 3 saturated heterocycles. The molecule has 1 spiro atoms. The molecule has 0 bridgehead atoms. The van der Waals surface area contributed by atoms with Crippen LogP contribution in [0.2, 0.25) is 0 Å². The zero-order chi connectivity index (χ0) is 31.8. The number of hydrogen-bond acceptors (Lipinski definition) is 7. The number of ether oxygens (including phenoxy) is 2. The Morgan fingerprint density at radius 2 is 1.70 bits per heavy atom. The zero-order valence-corrected chi connectivity index (χ0v) is 26.8. The Bertz CT molecular complexity index is 1600. The van der Waals surface area contributed by atoms with Crippen LogP contribution in [0.15, 0.2) is 42.6 Å². The Morgan fingerprint density at radius 3 is 2.43 bits per heavy atom. The second kappa shape index (κ2) is 12.6. The van der Waals surface area contributed by atoms with Crippen LogP contribution in [0.1, 0.15) is 55.2 Å². The highest BCUT2D eigenvalue weighted by molar-refractivity contribution is 5.89. The number of amides is 3. The standard InChI is InChI=1S/C35H44N6O5/c1-23-19-24(20-27-22-36-38-31(23)27)21-30(32(42)40-15-9-26(10-16-40)25-7-13-39(2)14-8-25)45-34(44)41-17-11-35(12-18-41)28-5-3-4-6-29(28)37-33(43)46-35/h3-6,19-20,22,25-26,30H,7-18,21H2,1-2H3,(H,36,38)(H,37,43)/t30-/m1/s1. The van der Waals surface area contributed by atoms with E-state index in [0.29, 0.717) is 44.9 Å². The second-order valence-corrected chi connectivity index (χ2v) is 13.7. The van der Waals surface area contributed by atoms with Crippen LogP contribution in [0.3, 0.4) is 0 Å². The molecule has 0 unspecified atom stereocenters. The van der Waals surface area contributed by atoms with Gasteiger partial charge in [-0.1, -0.05) is 24.3 Å². The SMILES string of the molecule is Cc1cc(C[C@@H](OC(=O)N2CCC3(CC2)OC(=O)Nc2ccccc23)C(=O)N2CCC(C3CCN(C)CC3)CC2)cc2cn[nH]c12. The molecule has 1 atom stereocenters. The van der Waals surface area contributed by atoms with Gasteiger partial charge in [-0.2, -0.15) is 5.10 Å². The fourth-order valence-corrected chi connectivity index (χ4v) is 8.09. The Morgan fingerprint density at radius 1 is 1.00 bits per heavy atom. The summed E-state index contributed by atoms with van der Waals surface area (Å²) in [5.41, 5.74) is 3.78. The number of anilines is 1. The maximum atomic E-state index is 14.1. The van der Waals surface area contributed by atoms with Gasteiger partial charge in [-0.15, -0.1) is 0 Å². The number of likely N-dealkylation sites (tertiary alicyclic amines) is 3. The smallest absolute Gasteiger partial charge is 0.412 e. The summed E-state index contributed by atoms with van der Waals surface area (Å²) in [6.45, 7) is 6.38. The van der Waals surface area contributed by atoms with E-state index in [1.54, 1.807) is 11.1 Å². The summed E-state index contributed by atoms with van der Waals surface area (Å²) in [4.78, 5) is 46.1. The number of para-hydroxylation sites is 1. The van der Waals surface area contributed by atoms with E-state index >= 15 is 0 Å². The molecule has 0 saturated carbocycles. The molecule has 2 N–H and O–H groups in total. The second-order valence-electron chi connectivity index (χ2n) is 13.7. The highest BCUT2D eigenvalue weighted by Gasteiger charge is 2.46. The molecule has 0 radical (unpaired) electrons. The van der Waals surface area contributed by atoms with Crippen LogP contribution in [0.25, 0.3) is 10.9 Å². The minimum atomic E-state index is -0.940. The van der Waals surface area contributed by atoms with Crippen LogP contribution >= 0.6 is 0 Å². The van der Waals surface area contributed by atoms with E-state index < -0.39 is 23.9 Å². The van der Waals surface area contributed by atoms with Crippen molar-refractivity contribution in [3.63, 3.8) is 0 Å². The van der Waals surface area contributed by atoms with Gasteiger partial charge in [0.15, 0.2) is 6.10 Å². The van der Waals surface area contributed by atoms with E-state index in [1.165, 1.54) is 12.8 Å². The number of aromatic nitrogens is 2. The van der Waals surface area contributed by atoms with Crippen molar-refractivity contribution in [2.45, 2.75) is 63.6 Å². The lowest BCUT2D eigenvalue weighted by Gasteiger charge is -2.44. The zero-order valence-electron chi connectivity index (χ0n) is 26.8. The van der Waals surface area contributed by atoms with Gasteiger partial charge in [-0.05, 0) is 87.8 Å². The summed E-state index contributed by atoms with van der Waals surface area (Å²) in [6, 6.07) is 11.7.